The van der Waals surface area contributed by atoms with Gasteiger partial charge >= 0.3 is 0 Å². The predicted molar refractivity (Wildman–Crippen MR) is 51.2 cm³/mol. The van der Waals surface area contributed by atoms with Crippen LogP contribution in [0.15, 0.2) is 0 Å². The van der Waals surface area contributed by atoms with Gasteiger partial charge < -0.3 is 10.0 Å². The molecule has 0 aromatic carbocycles. The van der Waals surface area contributed by atoms with E-state index in [1.807, 2.05) is 13.8 Å². The van der Waals surface area contributed by atoms with Gasteiger partial charge in [-0.3, -0.25) is 4.79 Å². The number of nitriles is 1. The zero-order chi connectivity index (χ0) is 10.9. The number of aliphatic hydroxyl groups excluding tert-OH is 1. The van der Waals surface area contributed by atoms with E-state index >= 15 is 0 Å². The number of amides is 1. The summed E-state index contributed by atoms with van der Waals surface area (Å²) in [5, 5.41) is 18.4. The van der Waals surface area contributed by atoms with E-state index in [2.05, 4.69) is 6.07 Å². The van der Waals surface area contributed by atoms with Gasteiger partial charge in [-0.15, -0.1) is 0 Å². The number of carbonyl (C=O) groups excluding carboxylic acids is 1. The van der Waals surface area contributed by atoms with Gasteiger partial charge in [0, 0.05) is 6.54 Å². The van der Waals surface area contributed by atoms with Crippen LogP contribution in [0.4, 0.5) is 0 Å². The Morgan fingerprint density at radius 1 is 1.71 bits per heavy atom. The van der Waals surface area contributed by atoms with Gasteiger partial charge in [-0.2, -0.15) is 5.26 Å². The van der Waals surface area contributed by atoms with Crippen molar-refractivity contribution in [2.75, 3.05) is 6.54 Å². The fraction of sp³-hybridized carbons (Fsp3) is 0.800. The molecule has 1 aliphatic rings. The average Bonchev–Trinajstić information content (AvgIpc) is 2.44. The second kappa shape index (κ2) is 3.58. The minimum absolute atomic E-state index is 0.0572. The molecule has 0 radical (unpaired) electrons. The molecule has 14 heavy (non-hydrogen) atoms. The first kappa shape index (κ1) is 11.0. The Hall–Kier alpha value is -1.08. The Balaban J connectivity index is 2.92. The van der Waals surface area contributed by atoms with E-state index in [4.69, 9.17) is 5.26 Å². The van der Waals surface area contributed by atoms with E-state index < -0.39 is 11.6 Å². The zero-order valence-electron chi connectivity index (χ0n) is 8.82. The third-order valence-corrected chi connectivity index (χ3v) is 3.02. The van der Waals surface area contributed by atoms with E-state index in [1.54, 1.807) is 6.92 Å². The molecule has 4 nitrogen and oxygen atoms in total. The van der Waals surface area contributed by atoms with Crippen LogP contribution in [0.25, 0.3) is 0 Å². The summed E-state index contributed by atoms with van der Waals surface area (Å²) >= 11 is 0. The molecule has 0 spiro atoms. The molecule has 0 aliphatic carbocycles. The van der Waals surface area contributed by atoms with Gasteiger partial charge in [0.2, 0.25) is 5.91 Å². The molecule has 1 rings (SSSR count). The summed E-state index contributed by atoms with van der Waals surface area (Å²) in [6.07, 6.45) is -0.474. The molecule has 78 valence electrons. The topological polar surface area (TPSA) is 64.3 Å². The third kappa shape index (κ3) is 1.60. The van der Waals surface area contributed by atoms with Gasteiger partial charge in [-0.1, -0.05) is 13.8 Å². The lowest BCUT2D eigenvalue weighted by Gasteiger charge is -2.36. The van der Waals surface area contributed by atoms with Gasteiger partial charge in [0.15, 0.2) is 0 Å². The van der Waals surface area contributed by atoms with Gasteiger partial charge in [-0.05, 0) is 12.8 Å². The Morgan fingerprint density at radius 2 is 2.29 bits per heavy atom. The van der Waals surface area contributed by atoms with E-state index in [0.29, 0.717) is 0 Å². The summed E-state index contributed by atoms with van der Waals surface area (Å²) in [5.41, 5.74) is -0.797. The van der Waals surface area contributed by atoms with Crippen LogP contribution in [0, 0.1) is 17.2 Å². The quantitative estimate of drug-likeness (QED) is 0.700. The fourth-order valence-corrected chi connectivity index (χ4v) is 1.64. The van der Waals surface area contributed by atoms with Gasteiger partial charge in [0.25, 0.3) is 0 Å². The molecule has 1 N–H and O–H groups in total. The Bertz CT molecular complexity index is 282. The Kier molecular flexibility index (Phi) is 2.81. The number of rotatable bonds is 2. The second-order valence-corrected chi connectivity index (χ2v) is 4.28. The SMILES string of the molecule is CC(C)C(C)(C#N)N1CC(O)CC1=O. The minimum Gasteiger partial charge on any atom is -0.391 e. The first-order valence-electron chi connectivity index (χ1n) is 4.81. The fourth-order valence-electron chi connectivity index (χ4n) is 1.64. The lowest BCUT2D eigenvalue weighted by molar-refractivity contribution is -0.132. The molecule has 1 amide bonds. The molecule has 1 fully saturated rings. The molecular weight excluding hydrogens is 180 g/mol. The largest absolute Gasteiger partial charge is 0.391 e. The molecule has 0 bridgehead atoms. The van der Waals surface area contributed by atoms with Crippen molar-refractivity contribution in [3.8, 4) is 6.07 Å². The first-order chi connectivity index (χ1) is 6.41. The summed E-state index contributed by atoms with van der Waals surface area (Å²) in [5.74, 6) is -0.0722. The number of aliphatic hydroxyl groups is 1. The average molecular weight is 196 g/mol. The Morgan fingerprint density at radius 3 is 2.57 bits per heavy atom. The third-order valence-electron chi connectivity index (χ3n) is 3.02. The molecule has 0 saturated carbocycles. The van der Waals surface area contributed by atoms with Crippen LogP contribution in [-0.2, 0) is 4.79 Å². The van der Waals surface area contributed by atoms with Crippen molar-refractivity contribution in [3.05, 3.63) is 0 Å². The van der Waals surface area contributed by atoms with E-state index in [0.717, 1.165) is 0 Å². The molecule has 0 aromatic rings. The van der Waals surface area contributed by atoms with Crippen molar-refractivity contribution < 1.29 is 9.90 Å². The molecule has 1 heterocycles. The maximum atomic E-state index is 11.5. The van der Waals surface area contributed by atoms with Crippen molar-refractivity contribution >= 4 is 5.91 Å². The maximum absolute atomic E-state index is 11.5. The van der Waals surface area contributed by atoms with Crippen LogP contribution in [0.5, 0.6) is 0 Å². The minimum atomic E-state index is -0.797. The zero-order valence-corrected chi connectivity index (χ0v) is 8.82. The molecular formula is C10H16N2O2. The molecule has 0 aromatic heterocycles. The maximum Gasteiger partial charge on any atom is 0.226 e. The highest BCUT2D eigenvalue weighted by molar-refractivity contribution is 5.80. The summed E-state index contributed by atoms with van der Waals surface area (Å²) < 4.78 is 0. The standard InChI is InChI=1S/C10H16N2O2/c1-7(2)10(3,6-11)12-5-8(13)4-9(12)14/h7-8,13H,4-5H2,1-3H3. The molecule has 2 unspecified atom stereocenters. The summed E-state index contributed by atoms with van der Waals surface area (Å²) in [6.45, 7) is 5.83. The van der Waals surface area contributed by atoms with Crippen LogP contribution >= 0.6 is 0 Å². The van der Waals surface area contributed by atoms with Crippen molar-refractivity contribution in [3.63, 3.8) is 0 Å². The van der Waals surface area contributed by atoms with Crippen molar-refractivity contribution in [2.45, 2.75) is 38.8 Å². The van der Waals surface area contributed by atoms with Gasteiger partial charge in [0.1, 0.15) is 5.54 Å². The second-order valence-electron chi connectivity index (χ2n) is 4.28. The van der Waals surface area contributed by atoms with E-state index in [1.165, 1.54) is 4.90 Å². The first-order valence-corrected chi connectivity index (χ1v) is 4.81. The highest BCUT2D eigenvalue weighted by Gasteiger charge is 2.43. The molecule has 1 saturated heterocycles. The van der Waals surface area contributed by atoms with Gasteiger partial charge in [-0.25, -0.2) is 0 Å². The van der Waals surface area contributed by atoms with Crippen LogP contribution < -0.4 is 0 Å². The number of likely N-dealkylation sites (tertiary alicyclic amines) is 1. The number of hydrogen-bond acceptors (Lipinski definition) is 3. The van der Waals surface area contributed by atoms with Crippen LogP contribution in [0.1, 0.15) is 27.2 Å². The number of carbonyl (C=O) groups is 1. The Labute approximate surface area is 84.1 Å². The summed E-state index contributed by atoms with van der Waals surface area (Å²) in [6, 6.07) is 2.16. The van der Waals surface area contributed by atoms with Crippen LogP contribution in [-0.4, -0.2) is 34.1 Å². The van der Waals surface area contributed by atoms with Crippen molar-refractivity contribution in [1.82, 2.24) is 4.90 Å². The smallest absolute Gasteiger partial charge is 0.226 e. The highest BCUT2D eigenvalue weighted by atomic mass is 16.3. The van der Waals surface area contributed by atoms with Crippen molar-refractivity contribution in [1.29, 1.82) is 5.26 Å². The molecule has 1 aliphatic heterocycles. The number of nitrogens with zero attached hydrogens (tertiary/aromatic N) is 2. The summed E-state index contributed by atoms with van der Waals surface area (Å²) in [7, 11) is 0. The van der Waals surface area contributed by atoms with Crippen molar-refractivity contribution in [2.24, 2.45) is 5.92 Å². The van der Waals surface area contributed by atoms with Crippen LogP contribution in [0.3, 0.4) is 0 Å². The number of hydrogen-bond donors (Lipinski definition) is 1. The predicted octanol–water partition coefficient (Wildman–Crippen LogP) is 0.518. The highest BCUT2D eigenvalue weighted by Crippen LogP contribution is 2.28. The molecule has 4 heteroatoms. The van der Waals surface area contributed by atoms with E-state index in [-0.39, 0.29) is 24.8 Å². The number of β-amino-alcohol motifs (C(OH)–C–C–N with tert-alkyl or cyclic N) is 1. The van der Waals surface area contributed by atoms with E-state index in [9.17, 15) is 9.90 Å². The lowest BCUT2D eigenvalue weighted by Crippen LogP contribution is -2.50. The lowest BCUT2D eigenvalue weighted by atomic mass is 9.88. The summed E-state index contributed by atoms with van der Waals surface area (Å²) in [4.78, 5) is 13.0. The monoisotopic (exact) mass is 196 g/mol. The van der Waals surface area contributed by atoms with Crippen LogP contribution in [0.2, 0.25) is 0 Å². The van der Waals surface area contributed by atoms with Gasteiger partial charge in [0.05, 0.1) is 18.6 Å². The molecule has 2 atom stereocenters. The normalized spacial score (nSPS) is 26.4.